The zero-order chi connectivity index (χ0) is 30.2. The maximum Gasteiger partial charge on any atom is 0.328 e. The number of rotatable bonds is 29. The molecule has 0 saturated carbocycles. The Balaban J connectivity index is 3.75. The van der Waals surface area contributed by atoms with Gasteiger partial charge in [0.2, 0.25) is 0 Å². The first-order valence-electron chi connectivity index (χ1n) is 17.2. The van der Waals surface area contributed by atoms with Crippen LogP contribution in [-0.2, 0) is 9.53 Å². The second kappa shape index (κ2) is 31.0. The molecular weight excluding hydrogens is 516 g/mol. The molecule has 0 aromatic carbocycles. The Labute approximate surface area is 252 Å². The second-order valence-corrected chi connectivity index (χ2v) is 11.5. The van der Waals surface area contributed by atoms with E-state index in [1.165, 1.54) is 110 Å². The Morgan fingerprint density at radius 2 is 0.829 bits per heavy atom. The van der Waals surface area contributed by atoms with Crippen molar-refractivity contribution in [3.8, 4) is 0 Å². The first-order chi connectivity index (χ1) is 20.0. The SMILES string of the molecule is CCCCCCCCCCCCNC(=O)NCCCCC(NC(=O)NCCCCCCCCCCCC)C(=O)OC. The van der Waals surface area contributed by atoms with Crippen molar-refractivity contribution in [3.63, 3.8) is 0 Å². The fourth-order valence-electron chi connectivity index (χ4n) is 4.97. The summed E-state index contributed by atoms with van der Waals surface area (Å²) in [5, 5.41) is 11.4. The summed E-state index contributed by atoms with van der Waals surface area (Å²) in [6.45, 7) is 6.33. The summed E-state index contributed by atoms with van der Waals surface area (Å²) in [5.41, 5.74) is 0. The Morgan fingerprint density at radius 3 is 1.22 bits per heavy atom. The molecule has 4 N–H and O–H groups in total. The zero-order valence-electron chi connectivity index (χ0n) is 27.1. The van der Waals surface area contributed by atoms with Crippen molar-refractivity contribution in [1.29, 1.82) is 0 Å². The monoisotopic (exact) mass is 583 g/mol. The summed E-state index contributed by atoms with van der Waals surface area (Å²) in [6, 6.07) is -1.16. The van der Waals surface area contributed by atoms with Crippen molar-refractivity contribution in [1.82, 2.24) is 21.3 Å². The molecule has 0 aliphatic rings. The van der Waals surface area contributed by atoms with Gasteiger partial charge in [0, 0.05) is 19.6 Å². The molecule has 1 atom stereocenters. The number of carbonyl (C=O) groups is 3. The van der Waals surface area contributed by atoms with Crippen LogP contribution in [0, 0.1) is 0 Å². The number of urea groups is 2. The van der Waals surface area contributed by atoms with Crippen LogP contribution in [0.5, 0.6) is 0 Å². The predicted molar refractivity (Wildman–Crippen MR) is 171 cm³/mol. The van der Waals surface area contributed by atoms with Crippen molar-refractivity contribution in [2.24, 2.45) is 0 Å². The lowest BCUT2D eigenvalue weighted by Gasteiger charge is -2.17. The molecule has 4 amide bonds. The third kappa shape index (κ3) is 27.9. The first-order valence-corrected chi connectivity index (χ1v) is 17.2. The molecule has 1 unspecified atom stereocenters. The lowest BCUT2D eigenvalue weighted by molar-refractivity contribution is -0.143. The Morgan fingerprint density at radius 1 is 0.488 bits per heavy atom. The maximum atomic E-state index is 12.3. The summed E-state index contributed by atoms with van der Waals surface area (Å²) in [4.78, 5) is 36.4. The molecule has 0 aliphatic carbocycles. The van der Waals surface area contributed by atoms with Gasteiger partial charge in [-0.3, -0.25) is 0 Å². The number of carbonyl (C=O) groups excluding carboxylic acids is 3. The largest absolute Gasteiger partial charge is 0.467 e. The van der Waals surface area contributed by atoms with E-state index in [2.05, 4.69) is 35.1 Å². The highest BCUT2D eigenvalue weighted by Crippen LogP contribution is 2.11. The number of unbranched alkanes of at least 4 members (excludes halogenated alkanes) is 19. The highest BCUT2D eigenvalue weighted by Gasteiger charge is 2.20. The van der Waals surface area contributed by atoms with Gasteiger partial charge in [-0.1, -0.05) is 129 Å². The van der Waals surface area contributed by atoms with E-state index in [4.69, 9.17) is 4.74 Å². The summed E-state index contributed by atoms with van der Waals surface area (Å²) < 4.78 is 4.86. The van der Waals surface area contributed by atoms with Crippen molar-refractivity contribution in [3.05, 3.63) is 0 Å². The molecule has 0 aliphatic heterocycles. The third-order valence-corrected chi connectivity index (χ3v) is 7.63. The molecule has 0 aromatic heterocycles. The number of methoxy groups -OCH3 is 1. The van der Waals surface area contributed by atoms with E-state index in [-0.39, 0.29) is 12.1 Å². The van der Waals surface area contributed by atoms with E-state index in [0.717, 1.165) is 32.1 Å². The molecule has 0 fully saturated rings. The average molecular weight is 583 g/mol. The summed E-state index contributed by atoms with van der Waals surface area (Å²) in [5.74, 6) is -0.443. The van der Waals surface area contributed by atoms with Crippen LogP contribution in [0.15, 0.2) is 0 Å². The minimum atomic E-state index is -0.683. The van der Waals surface area contributed by atoms with Crippen LogP contribution in [0.1, 0.15) is 162 Å². The van der Waals surface area contributed by atoms with E-state index in [1.54, 1.807) is 0 Å². The first kappa shape index (κ1) is 39.0. The van der Waals surface area contributed by atoms with Crippen molar-refractivity contribution in [2.75, 3.05) is 26.7 Å². The number of hydrogen-bond donors (Lipinski definition) is 4. The van der Waals surface area contributed by atoms with Crippen LogP contribution >= 0.6 is 0 Å². The lowest BCUT2D eigenvalue weighted by atomic mass is 10.1. The van der Waals surface area contributed by atoms with Crippen LogP contribution in [0.3, 0.4) is 0 Å². The zero-order valence-corrected chi connectivity index (χ0v) is 27.1. The van der Waals surface area contributed by atoms with Gasteiger partial charge in [-0.05, 0) is 32.1 Å². The minimum absolute atomic E-state index is 0.144. The van der Waals surface area contributed by atoms with E-state index in [9.17, 15) is 14.4 Å². The topological polar surface area (TPSA) is 109 Å². The standard InChI is InChI=1S/C33H66N4O4/c1-4-6-8-10-12-14-16-18-20-23-27-34-32(39)35-29-25-22-26-30(31(38)41-3)37-33(40)36-28-24-21-19-17-15-13-11-9-7-5-2/h30H,4-29H2,1-3H3,(H2,34,35,39)(H2,36,37,40). The maximum absolute atomic E-state index is 12.3. The number of amides is 4. The molecule has 242 valence electrons. The molecule has 0 bridgehead atoms. The fourth-order valence-corrected chi connectivity index (χ4v) is 4.97. The molecule has 0 aromatic rings. The van der Waals surface area contributed by atoms with Gasteiger partial charge < -0.3 is 26.0 Å². The summed E-state index contributed by atoms with van der Waals surface area (Å²) in [7, 11) is 1.33. The van der Waals surface area contributed by atoms with Gasteiger partial charge in [-0.25, -0.2) is 14.4 Å². The fraction of sp³-hybridized carbons (Fsp3) is 0.909. The number of esters is 1. The highest BCUT2D eigenvalue weighted by atomic mass is 16.5. The van der Waals surface area contributed by atoms with E-state index >= 15 is 0 Å². The van der Waals surface area contributed by atoms with Crippen LogP contribution in [0.25, 0.3) is 0 Å². The predicted octanol–water partition coefficient (Wildman–Crippen LogP) is 8.14. The van der Waals surface area contributed by atoms with E-state index < -0.39 is 12.0 Å². The number of nitrogens with one attached hydrogen (secondary N) is 4. The van der Waals surface area contributed by atoms with E-state index in [1.807, 2.05) is 0 Å². The van der Waals surface area contributed by atoms with Crippen LogP contribution in [0.4, 0.5) is 9.59 Å². The van der Waals surface area contributed by atoms with Crippen LogP contribution in [-0.4, -0.2) is 50.8 Å². The number of hydrogen-bond acceptors (Lipinski definition) is 4. The molecule has 0 spiro atoms. The van der Waals surface area contributed by atoms with Gasteiger partial charge in [0.15, 0.2) is 0 Å². The van der Waals surface area contributed by atoms with Gasteiger partial charge in [0.1, 0.15) is 6.04 Å². The molecule has 0 radical (unpaired) electrons. The van der Waals surface area contributed by atoms with Gasteiger partial charge >= 0.3 is 18.0 Å². The lowest BCUT2D eigenvalue weighted by Crippen LogP contribution is -2.46. The molecule has 8 nitrogen and oxygen atoms in total. The highest BCUT2D eigenvalue weighted by molar-refractivity contribution is 5.83. The second-order valence-electron chi connectivity index (χ2n) is 11.5. The Kier molecular flexibility index (Phi) is 29.5. The van der Waals surface area contributed by atoms with Gasteiger partial charge in [0.05, 0.1) is 7.11 Å². The molecular formula is C33H66N4O4. The van der Waals surface area contributed by atoms with Crippen LogP contribution < -0.4 is 21.3 Å². The molecule has 0 heterocycles. The Bertz CT molecular complexity index is 618. The molecule has 0 rings (SSSR count). The molecule has 8 heteroatoms. The normalized spacial score (nSPS) is 11.6. The van der Waals surface area contributed by atoms with Gasteiger partial charge in [0.25, 0.3) is 0 Å². The van der Waals surface area contributed by atoms with Gasteiger partial charge in [-0.2, -0.15) is 0 Å². The molecule has 41 heavy (non-hydrogen) atoms. The quantitative estimate of drug-likeness (QED) is 0.0527. The smallest absolute Gasteiger partial charge is 0.328 e. The van der Waals surface area contributed by atoms with E-state index in [0.29, 0.717) is 32.5 Å². The van der Waals surface area contributed by atoms with Crippen molar-refractivity contribution < 1.29 is 19.1 Å². The number of ether oxygens (including phenoxy) is 1. The summed E-state index contributed by atoms with van der Waals surface area (Å²) in [6.07, 6.45) is 27.2. The van der Waals surface area contributed by atoms with Crippen LogP contribution in [0.2, 0.25) is 0 Å². The molecule has 0 saturated heterocycles. The van der Waals surface area contributed by atoms with Gasteiger partial charge in [-0.15, -0.1) is 0 Å². The van der Waals surface area contributed by atoms with Crippen molar-refractivity contribution in [2.45, 2.75) is 168 Å². The minimum Gasteiger partial charge on any atom is -0.467 e. The average Bonchev–Trinajstić information content (AvgIpc) is 2.97. The Hall–Kier alpha value is -1.99. The third-order valence-electron chi connectivity index (χ3n) is 7.63. The van der Waals surface area contributed by atoms with Crippen molar-refractivity contribution >= 4 is 18.0 Å². The summed E-state index contributed by atoms with van der Waals surface area (Å²) >= 11 is 0.